The number of rotatable bonds is 3. The van der Waals surface area contributed by atoms with E-state index in [1.54, 1.807) is 10.6 Å². The van der Waals surface area contributed by atoms with Crippen molar-refractivity contribution >= 4 is 5.78 Å². The van der Waals surface area contributed by atoms with Crippen molar-refractivity contribution in [3.05, 3.63) is 20.8 Å². The van der Waals surface area contributed by atoms with Gasteiger partial charge >= 0.3 is 11.6 Å². The maximum Gasteiger partial charge on any atom is 0.599 e. The van der Waals surface area contributed by atoms with Crippen LogP contribution in [0.5, 0.6) is 0 Å². The molecule has 74 valence electrons. The minimum Gasteiger partial charge on any atom is -0.739 e. The lowest BCUT2D eigenvalue weighted by molar-refractivity contribution is -0.856. The Morgan fingerprint density at radius 3 is 1.77 bits per heavy atom. The zero-order valence-corrected chi connectivity index (χ0v) is 6.28. The first-order valence-electron chi connectivity index (χ1n) is 2.76. The Bertz CT molecular complexity index is 253. The summed E-state index contributed by atoms with van der Waals surface area (Å²) in [5.74, 6) is -4.99. The van der Waals surface area contributed by atoms with Crippen LogP contribution >= 0.6 is 0 Å². The number of carbonyl (C=O) groups excluding carboxylic acids is 1. The molecule has 0 rings (SSSR count). The first-order chi connectivity index (χ1) is 5.91. The van der Waals surface area contributed by atoms with Gasteiger partial charge in [-0.05, 0) is 10.6 Å². The summed E-state index contributed by atoms with van der Waals surface area (Å²) in [6, 6.07) is 0. The Hall–Kier alpha value is -1.97. The molecule has 1 N–H and O–H groups in total. The van der Waals surface area contributed by atoms with Crippen LogP contribution in [0, 0.1) is 20.8 Å². The lowest BCUT2D eigenvalue weighted by Crippen LogP contribution is -2.52. The predicted octanol–water partition coefficient (Wildman–Crippen LogP) is -0.858. The molecule has 0 radical (unpaired) electrons. The molecule has 0 fully saturated rings. The van der Waals surface area contributed by atoms with Crippen LogP contribution in [0.1, 0.15) is 6.92 Å². The molecule has 0 saturated heterocycles. The average molecular weight is 192 g/mol. The molecule has 0 bridgehead atoms. The van der Waals surface area contributed by atoms with Gasteiger partial charge in [0, 0.05) is 16.6 Å². The van der Waals surface area contributed by atoms with Gasteiger partial charge in [0.1, 0.15) is 0 Å². The van der Waals surface area contributed by atoms with E-state index in [0.29, 0.717) is 6.92 Å². The fourth-order valence-electron chi connectivity index (χ4n) is 0.456. The summed E-state index contributed by atoms with van der Waals surface area (Å²) in [6.45, 7) is 0.603. The van der Waals surface area contributed by atoms with E-state index in [9.17, 15) is 25.6 Å². The number of aliphatic hydroxyl groups is 1. The van der Waals surface area contributed by atoms with Crippen molar-refractivity contribution in [1.29, 1.82) is 0 Å². The third-order valence-corrected chi connectivity index (χ3v) is 1.15. The highest BCUT2D eigenvalue weighted by molar-refractivity contribution is 5.80. The zero-order chi connectivity index (χ0) is 10.6. The van der Waals surface area contributed by atoms with Crippen molar-refractivity contribution in [3.63, 3.8) is 0 Å². The van der Waals surface area contributed by atoms with E-state index in [0.717, 1.165) is 0 Å². The van der Waals surface area contributed by atoms with Gasteiger partial charge in [-0.25, -0.2) is 0 Å². The van der Waals surface area contributed by atoms with E-state index in [-0.39, 0.29) is 0 Å². The number of ketones is 1. The van der Waals surface area contributed by atoms with Crippen LogP contribution in [-0.4, -0.2) is 26.5 Å². The molecular formula is C3H4N4O6-2. The van der Waals surface area contributed by atoms with Gasteiger partial charge in [0.15, 0.2) is 0 Å². The molecule has 10 heteroatoms. The van der Waals surface area contributed by atoms with Crippen molar-refractivity contribution in [3.8, 4) is 0 Å². The van der Waals surface area contributed by atoms with Gasteiger partial charge < -0.3 is 20.8 Å². The summed E-state index contributed by atoms with van der Waals surface area (Å²) in [7, 11) is 0. The van der Waals surface area contributed by atoms with E-state index in [1.165, 1.54) is 0 Å². The standard InChI is InChI=1S/C3H6N4O6/c1-2(8)3(9,6(12)4-10)7(13)5-11/h9-11H,1H3/p-2/b6-4-,7-5-. The molecule has 0 unspecified atom stereocenters. The highest BCUT2D eigenvalue weighted by Crippen LogP contribution is 2.09. The van der Waals surface area contributed by atoms with Crippen LogP contribution < -0.4 is 0 Å². The predicted molar refractivity (Wildman–Crippen MR) is 34.5 cm³/mol. The maximum absolute atomic E-state index is 10.5. The van der Waals surface area contributed by atoms with E-state index in [4.69, 9.17) is 5.11 Å². The molecule has 0 heterocycles. The van der Waals surface area contributed by atoms with E-state index < -0.39 is 21.4 Å². The van der Waals surface area contributed by atoms with Crippen molar-refractivity contribution in [2.24, 2.45) is 10.6 Å². The van der Waals surface area contributed by atoms with Crippen LogP contribution in [0.2, 0.25) is 0 Å². The van der Waals surface area contributed by atoms with Crippen molar-refractivity contribution in [2.75, 3.05) is 0 Å². The second-order valence-electron chi connectivity index (χ2n) is 1.90. The molecule has 0 saturated carbocycles. The van der Waals surface area contributed by atoms with Gasteiger partial charge in [0.25, 0.3) is 0 Å². The average Bonchev–Trinajstić information content (AvgIpc) is 2.13. The molecule has 0 aliphatic rings. The molecule has 10 nitrogen and oxygen atoms in total. The van der Waals surface area contributed by atoms with Gasteiger partial charge in [-0.3, -0.25) is 9.90 Å². The Morgan fingerprint density at radius 1 is 1.31 bits per heavy atom. The van der Waals surface area contributed by atoms with Crippen LogP contribution in [0.25, 0.3) is 0 Å². The third-order valence-electron chi connectivity index (χ3n) is 1.15. The van der Waals surface area contributed by atoms with Crippen LogP contribution in [-0.2, 0) is 4.79 Å². The number of nitrogens with zero attached hydrogens (tertiary/aromatic N) is 4. The topological polar surface area (TPSA) is 160 Å². The molecular weight excluding hydrogens is 188 g/mol. The normalized spacial score (nSPS) is 14.3. The molecule has 0 aromatic rings. The van der Waals surface area contributed by atoms with Crippen LogP contribution in [0.4, 0.5) is 0 Å². The largest absolute Gasteiger partial charge is 0.739 e. The fourth-order valence-corrected chi connectivity index (χ4v) is 0.456. The molecule has 0 aliphatic carbocycles. The molecule has 0 aliphatic heterocycles. The summed E-state index contributed by atoms with van der Waals surface area (Å²) < 4.78 is 0. The second-order valence-corrected chi connectivity index (χ2v) is 1.90. The van der Waals surface area contributed by atoms with Gasteiger partial charge in [-0.15, -0.1) is 0 Å². The molecule has 0 spiro atoms. The summed E-state index contributed by atoms with van der Waals surface area (Å²) in [4.78, 5) is 8.21. The number of hydrogen-bond donors (Lipinski definition) is 1. The van der Waals surface area contributed by atoms with Gasteiger partial charge in [-0.1, -0.05) is 0 Å². The Balaban J connectivity index is 5.33. The molecule has 13 heavy (non-hydrogen) atoms. The summed E-state index contributed by atoms with van der Waals surface area (Å²) in [5.41, 5.74) is 0. The van der Waals surface area contributed by atoms with Crippen LogP contribution in [0.3, 0.4) is 0 Å². The lowest BCUT2D eigenvalue weighted by Gasteiger charge is -2.17. The summed E-state index contributed by atoms with van der Waals surface area (Å²) >= 11 is 0. The second kappa shape index (κ2) is 3.62. The SMILES string of the molecule is CC(=O)C(O)(/[N+]([O-])=N/[O-])/[N+]([O-])=N/[O-]. The molecule has 0 aromatic carbocycles. The maximum atomic E-state index is 10.5. The van der Waals surface area contributed by atoms with Gasteiger partial charge in [-0.2, -0.15) is 0 Å². The van der Waals surface area contributed by atoms with E-state index in [1.807, 2.05) is 0 Å². The van der Waals surface area contributed by atoms with Crippen molar-refractivity contribution in [2.45, 2.75) is 12.8 Å². The Labute approximate surface area is 70.7 Å². The molecule has 0 atom stereocenters. The summed E-state index contributed by atoms with van der Waals surface area (Å²) in [5, 5.41) is 52.1. The highest BCUT2D eigenvalue weighted by Gasteiger charge is 2.56. The van der Waals surface area contributed by atoms with Crippen molar-refractivity contribution in [1.82, 2.24) is 0 Å². The fraction of sp³-hybridized carbons (Fsp3) is 0.667. The number of hydrogen-bond acceptors (Lipinski definition) is 8. The van der Waals surface area contributed by atoms with Gasteiger partial charge in [0.05, 0.1) is 0 Å². The highest BCUT2D eigenvalue weighted by atomic mass is 16.7. The summed E-state index contributed by atoms with van der Waals surface area (Å²) in [6.07, 6.45) is 0. The minimum atomic E-state index is -3.52. The van der Waals surface area contributed by atoms with E-state index in [2.05, 4.69) is 0 Å². The Morgan fingerprint density at radius 2 is 1.62 bits per heavy atom. The lowest BCUT2D eigenvalue weighted by atomic mass is 10.3. The number of hydroxylamine groups is 2. The minimum absolute atomic E-state index is 0.603. The molecule has 0 amide bonds. The first kappa shape index (κ1) is 11.0. The molecule has 0 aromatic heterocycles. The van der Waals surface area contributed by atoms with Crippen molar-refractivity contribution < 1.29 is 19.6 Å². The number of Topliss-reactive ketones (excluding diaryl/α,β-unsaturated/α-hetero) is 1. The third kappa shape index (κ3) is 1.61. The smallest absolute Gasteiger partial charge is 0.599 e. The van der Waals surface area contributed by atoms with Gasteiger partial charge in [0.2, 0.25) is 0 Å². The number of carbonyl (C=O) groups is 1. The van der Waals surface area contributed by atoms with Crippen LogP contribution in [0.15, 0.2) is 10.6 Å². The van der Waals surface area contributed by atoms with E-state index >= 15 is 0 Å². The zero-order valence-electron chi connectivity index (χ0n) is 6.28. The Kier molecular flexibility index (Phi) is 3.07. The monoisotopic (exact) mass is 192 g/mol. The first-order valence-corrected chi connectivity index (χ1v) is 2.76. The quantitative estimate of drug-likeness (QED) is 0.265.